The van der Waals surface area contributed by atoms with E-state index in [4.69, 9.17) is 16.2 Å². The molecule has 1 heterocycles. The summed E-state index contributed by atoms with van der Waals surface area (Å²) in [5.74, 6) is 0.163. The van der Waals surface area contributed by atoms with Crippen molar-refractivity contribution < 1.29 is 9.13 Å². The van der Waals surface area contributed by atoms with E-state index in [-0.39, 0.29) is 11.7 Å². The van der Waals surface area contributed by atoms with Gasteiger partial charge in [-0.1, -0.05) is 0 Å². The predicted octanol–water partition coefficient (Wildman–Crippen LogP) is 0.800. The van der Waals surface area contributed by atoms with Gasteiger partial charge in [0.05, 0.1) is 11.7 Å². The van der Waals surface area contributed by atoms with E-state index >= 15 is 0 Å². The van der Waals surface area contributed by atoms with Crippen molar-refractivity contribution >= 4 is 5.69 Å². The molecule has 0 radical (unpaired) electrons. The van der Waals surface area contributed by atoms with Crippen LogP contribution in [0.2, 0.25) is 0 Å². The summed E-state index contributed by atoms with van der Waals surface area (Å²) in [4.78, 5) is 0. The molecular formula is C8H9FN2O. The summed E-state index contributed by atoms with van der Waals surface area (Å²) in [6, 6.07) is 2.58. The largest absolute Gasteiger partial charge is 0.491 e. The van der Waals surface area contributed by atoms with Crippen LogP contribution in [-0.2, 0) is 0 Å². The second-order valence-corrected chi connectivity index (χ2v) is 2.83. The molecule has 1 aliphatic heterocycles. The predicted molar refractivity (Wildman–Crippen MR) is 43.2 cm³/mol. The Bertz CT molecular complexity index is 327. The van der Waals surface area contributed by atoms with Crippen LogP contribution in [0.15, 0.2) is 12.1 Å². The quantitative estimate of drug-likeness (QED) is 0.563. The minimum atomic E-state index is -0.435. The van der Waals surface area contributed by atoms with Crippen molar-refractivity contribution in [3.63, 3.8) is 0 Å². The van der Waals surface area contributed by atoms with Gasteiger partial charge in [-0.15, -0.1) is 0 Å². The smallest absolute Gasteiger partial charge is 0.146 e. The summed E-state index contributed by atoms with van der Waals surface area (Å²) in [6.45, 7) is 0.401. The number of hydrogen-bond donors (Lipinski definition) is 2. The molecule has 12 heavy (non-hydrogen) atoms. The summed E-state index contributed by atoms with van der Waals surface area (Å²) < 4.78 is 18.1. The zero-order chi connectivity index (χ0) is 8.72. The number of halogens is 1. The number of anilines is 1. The third-order valence-corrected chi connectivity index (χ3v) is 1.95. The lowest BCUT2D eigenvalue weighted by Crippen LogP contribution is -2.10. The topological polar surface area (TPSA) is 61.3 Å². The molecule has 0 saturated heterocycles. The van der Waals surface area contributed by atoms with Crippen molar-refractivity contribution in [3.8, 4) is 5.75 Å². The Morgan fingerprint density at radius 1 is 1.50 bits per heavy atom. The van der Waals surface area contributed by atoms with E-state index in [1.54, 1.807) is 0 Å². The molecule has 0 amide bonds. The first-order valence-electron chi connectivity index (χ1n) is 3.66. The van der Waals surface area contributed by atoms with Gasteiger partial charge in [-0.05, 0) is 6.07 Å². The third-order valence-electron chi connectivity index (χ3n) is 1.95. The lowest BCUT2D eigenvalue weighted by atomic mass is 10.1. The van der Waals surface area contributed by atoms with E-state index in [1.165, 1.54) is 12.1 Å². The molecule has 0 aromatic heterocycles. The Balaban J connectivity index is 2.56. The van der Waals surface area contributed by atoms with E-state index in [1.807, 2.05) is 0 Å². The van der Waals surface area contributed by atoms with Gasteiger partial charge < -0.3 is 16.2 Å². The average Bonchev–Trinajstić information content (AvgIpc) is 2.35. The van der Waals surface area contributed by atoms with E-state index in [0.29, 0.717) is 17.9 Å². The summed E-state index contributed by atoms with van der Waals surface area (Å²) in [7, 11) is 0. The van der Waals surface area contributed by atoms with E-state index in [9.17, 15) is 4.39 Å². The number of rotatable bonds is 0. The standard InChI is InChI=1S/C8H9FN2O/c9-5-1-4-7(11)3-12-8(4)2-6(5)10/h1-2,7H,3,10-11H2/t7-/m1/s1. The van der Waals surface area contributed by atoms with E-state index in [0.717, 1.165) is 0 Å². The van der Waals surface area contributed by atoms with Crippen molar-refractivity contribution in [2.75, 3.05) is 12.3 Å². The maximum absolute atomic E-state index is 12.9. The highest BCUT2D eigenvalue weighted by atomic mass is 19.1. The van der Waals surface area contributed by atoms with Crippen molar-refractivity contribution in [2.24, 2.45) is 5.73 Å². The van der Waals surface area contributed by atoms with Gasteiger partial charge in [0.1, 0.15) is 18.2 Å². The molecule has 0 unspecified atom stereocenters. The van der Waals surface area contributed by atoms with E-state index in [2.05, 4.69) is 0 Å². The molecule has 2 rings (SSSR count). The van der Waals surface area contributed by atoms with Crippen LogP contribution in [0.3, 0.4) is 0 Å². The van der Waals surface area contributed by atoms with E-state index < -0.39 is 5.82 Å². The minimum absolute atomic E-state index is 0.0999. The van der Waals surface area contributed by atoms with Crippen molar-refractivity contribution in [1.29, 1.82) is 0 Å². The fourth-order valence-electron chi connectivity index (χ4n) is 1.27. The first-order valence-corrected chi connectivity index (χ1v) is 3.66. The number of ether oxygens (including phenoxy) is 1. The molecule has 0 bridgehead atoms. The number of nitrogens with two attached hydrogens (primary N) is 2. The summed E-state index contributed by atoms with van der Waals surface area (Å²) in [6.07, 6.45) is 0. The SMILES string of the molecule is Nc1cc2c(cc1F)[C@H](N)CO2. The van der Waals surface area contributed by atoms with Crippen LogP contribution in [0.1, 0.15) is 11.6 Å². The van der Waals surface area contributed by atoms with Crippen molar-refractivity contribution in [1.82, 2.24) is 0 Å². The molecule has 0 saturated carbocycles. The van der Waals surface area contributed by atoms with Gasteiger partial charge >= 0.3 is 0 Å². The van der Waals surface area contributed by atoms with Crippen molar-refractivity contribution in [3.05, 3.63) is 23.5 Å². The van der Waals surface area contributed by atoms with Crippen LogP contribution in [0, 0.1) is 5.82 Å². The van der Waals surface area contributed by atoms with Gasteiger partial charge in [0.2, 0.25) is 0 Å². The monoisotopic (exact) mass is 168 g/mol. The second kappa shape index (κ2) is 2.35. The Labute approximate surface area is 69.1 Å². The van der Waals surface area contributed by atoms with Gasteiger partial charge in [0, 0.05) is 11.6 Å². The maximum Gasteiger partial charge on any atom is 0.146 e. The molecule has 4 heteroatoms. The van der Waals surface area contributed by atoms with Crippen LogP contribution in [0.5, 0.6) is 5.75 Å². The molecular weight excluding hydrogens is 159 g/mol. The third kappa shape index (κ3) is 0.921. The van der Waals surface area contributed by atoms with Gasteiger partial charge in [-0.3, -0.25) is 0 Å². The maximum atomic E-state index is 12.9. The average molecular weight is 168 g/mol. The zero-order valence-electron chi connectivity index (χ0n) is 6.38. The molecule has 0 fully saturated rings. The highest BCUT2D eigenvalue weighted by Gasteiger charge is 2.22. The highest BCUT2D eigenvalue weighted by Crippen LogP contribution is 2.33. The summed E-state index contributed by atoms with van der Waals surface area (Å²) in [5, 5.41) is 0. The molecule has 0 aliphatic carbocycles. The Morgan fingerprint density at radius 3 is 3.00 bits per heavy atom. The zero-order valence-corrected chi connectivity index (χ0v) is 6.38. The molecule has 0 spiro atoms. The van der Waals surface area contributed by atoms with Gasteiger partial charge in [0.25, 0.3) is 0 Å². The van der Waals surface area contributed by atoms with Gasteiger partial charge in [-0.25, -0.2) is 4.39 Å². The first kappa shape index (κ1) is 7.36. The van der Waals surface area contributed by atoms with Gasteiger partial charge in [0.15, 0.2) is 0 Å². The number of benzene rings is 1. The summed E-state index contributed by atoms with van der Waals surface area (Å²) >= 11 is 0. The van der Waals surface area contributed by atoms with Crippen LogP contribution in [0.25, 0.3) is 0 Å². The molecule has 3 nitrogen and oxygen atoms in total. The normalized spacial score (nSPS) is 20.3. The molecule has 1 atom stereocenters. The minimum Gasteiger partial charge on any atom is -0.491 e. The Hall–Kier alpha value is -1.29. The lowest BCUT2D eigenvalue weighted by molar-refractivity contribution is 0.333. The fourth-order valence-corrected chi connectivity index (χ4v) is 1.27. The molecule has 1 aromatic carbocycles. The molecule has 1 aromatic rings. The Morgan fingerprint density at radius 2 is 2.25 bits per heavy atom. The fraction of sp³-hybridized carbons (Fsp3) is 0.250. The number of hydrogen-bond acceptors (Lipinski definition) is 3. The van der Waals surface area contributed by atoms with Crippen LogP contribution in [0.4, 0.5) is 10.1 Å². The molecule has 1 aliphatic rings. The lowest BCUT2D eigenvalue weighted by Gasteiger charge is -2.02. The first-order chi connectivity index (χ1) is 5.68. The number of nitrogen functional groups attached to an aromatic ring is 1. The van der Waals surface area contributed by atoms with Crippen LogP contribution >= 0.6 is 0 Å². The highest BCUT2D eigenvalue weighted by molar-refractivity contribution is 5.52. The molecule has 4 N–H and O–H groups in total. The van der Waals surface area contributed by atoms with Gasteiger partial charge in [-0.2, -0.15) is 0 Å². The molecule has 64 valence electrons. The van der Waals surface area contributed by atoms with Crippen LogP contribution in [-0.4, -0.2) is 6.61 Å². The summed E-state index contributed by atoms with van der Waals surface area (Å²) in [5.41, 5.74) is 11.8. The Kier molecular flexibility index (Phi) is 1.44. The van der Waals surface area contributed by atoms with Crippen molar-refractivity contribution in [2.45, 2.75) is 6.04 Å². The van der Waals surface area contributed by atoms with Crippen LogP contribution < -0.4 is 16.2 Å². The number of fused-ring (bicyclic) bond motifs is 1. The second-order valence-electron chi connectivity index (χ2n) is 2.83.